The minimum absolute atomic E-state index is 0.768. The van der Waals surface area contributed by atoms with E-state index in [1.165, 1.54) is 49.9 Å². The van der Waals surface area contributed by atoms with Crippen molar-refractivity contribution in [1.82, 2.24) is 10.2 Å². The molecule has 2 fully saturated rings. The van der Waals surface area contributed by atoms with Gasteiger partial charge in [-0.2, -0.15) is 0 Å². The topological polar surface area (TPSA) is 15.3 Å². The molecule has 0 radical (unpaired) electrons. The lowest BCUT2D eigenvalue weighted by Crippen LogP contribution is -2.42. The van der Waals surface area contributed by atoms with Crippen LogP contribution in [0.3, 0.4) is 0 Å². The lowest BCUT2D eigenvalue weighted by molar-refractivity contribution is 0.130. The fourth-order valence-electron chi connectivity index (χ4n) is 3.24. The van der Waals surface area contributed by atoms with Crippen LogP contribution in [-0.4, -0.2) is 30.1 Å². The second-order valence-electron chi connectivity index (χ2n) is 5.78. The molecule has 2 aliphatic carbocycles. The van der Waals surface area contributed by atoms with Crippen molar-refractivity contribution >= 4 is 11.3 Å². The molecule has 0 unspecified atom stereocenters. The summed E-state index contributed by atoms with van der Waals surface area (Å²) in [5.41, 5.74) is 0. The van der Waals surface area contributed by atoms with Crippen LogP contribution in [0.25, 0.3) is 0 Å². The lowest BCUT2D eigenvalue weighted by Gasteiger charge is -2.37. The number of nitrogens with zero attached hydrogens (tertiary/aromatic N) is 1. The van der Waals surface area contributed by atoms with Gasteiger partial charge in [0.05, 0.1) is 0 Å². The highest BCUT2D eigenvalue weighted by molar-refractivity contribution is 7.09. The Balaban J connectivity index is 1.60. The van der Waals surface area contributed by atoms with Crippen molar-refractivity contribution in [2.75, 3.05) is 7.05 Å². The van der Waals surface area contributed by atoms with Crippen LogP contribution in [0.5, 0.6) is 0 Å². The van der Waals surface area contributed by atoms with Gasteiger partial charge in [-0.05, 0) is 57.0 Å². The van der Waals surface area contributed by atoms with Gasteiger partial charge in [0.25, 0.3) is 0 Å². The molecule has 2 aliphatic rings. The fraction of sp³-hybridized carbons (Fsp3) is 0.733. The summed E-state index contributed by atoms with van der Waals surface area (Å²) < 4.78 is 0. The van der Waals surface area contributed by atoms with Gasteiger partial charge in [0.1, 0.15) is 0 Å². The molecule has 1 N–H and O–H groups in total. The van der Waals surface area contributed by atoms with Crippen LogP contribution in [0.4, 0.5) is 0 Å². The van der Waals surface area contributed by atoms with Crippen molar-refractivity contribution < 1.29 is 0 Å². The van der Waals surface area contributed by atoms with E-state index in [-0.39, 0.29) is 0 Å². The summed E-state index contributed by atoms with van der Waals surface area (Å²) in [5, 5.41) is 5.64. The molecule has 3 heteroatoms. The number of thiophene rings is 1. The number of rotatable bonds is 5. The third-order valence-corrected chi connectivity index (χ3v) is 5.37. The molecule has 0 bridgehead atoms. The van der Waals surface area contributed by atoms with Gasteiger partial charge in [0.15, 0.2) is 0 Å². The van der Waals surface area contributed by atoms with Gasteiger partial charge in [-0.3, -0.25) is 4.90 Å². The number of hydrogen-bond donors (Lipinski definition) is 1. The largest absolute Gasteiger partial charge is 0.317 e. The lowest BCUT2D eigenvalue weighted by atomic mass is 9.90. The summed E-state index contributed by atoms with van der Waals surface area (Å²) >= 11 is 1.91. The Bertz CT molecular complexity index is 351. The first-order valence-corrected chi connectivity index (χ1v) is 8.20. The van der Waals surface area contributed by atoms with E-state index in [0.29, 0.717) is 0 Å². The van der Waals surface area contributed by atoms with E-state index in [4.69, 9.17) is 0 Å². The minimum Gasteiger partial charge on any atom is -0.317 e. The normalized spacial score (nSPS) is 28.8. The first kappa shape index (κ1) is 12.6. The summed E-state index contributed by atoms with van der Waals surface area (Å²) in [7, 11) is 2.11. The monoisotopic (exact) mass is 264 g/mol. The van der Waals surface area contributed by atoms with Gasteiger partial charge >= 0.3 is 0 Å². The third-order valence-electron chi connectivity index (χ3n) is 4.51. The van der Waals surface area contributed by atoms with Crippen LogP contribution in [0, 0.1) is 0 Å². The average Bonchev–Trinajstić information content (AvgIpc) is 3.13. The van der Waals surface area contributed by atoms with Crippen LogP contribution in [-0.2, 0) is 6.54 Å². The van der Waals surface area contributed by atoms with Gasteiger partial charge in [-0.15, -0.1) is 11.3 Å². The van der Waals surface area contributed by atoms with E-state index < -0.39 is 0 Å². The van der Waals surface area contributed by atoms with Crippen molar-refractivity contribution in [2.24, 2.45) is 0 Å². The van der Waals surface area contributed by atoms with Gasteiger partial charge in [-0.1, -0.05) is 6.07 Å². The summed E-state index contributed by atoms with van der Waals surface area (Å²) in [6, 6.07) is 6.97. The van der Waals surface area contributed by atoms with Crippen LogP contribution in [0.2, 0.25) is 0 Å². The van der Waals surface area contributed by atoms with Crippen molar-refractivity contribution in [3.05, 3.63) is 22.4 Å². The van der Waals surface area contributed by atoms with E-state index in [0.717, 1.165) is 18.1 Å². The molecule has 2 saturated carbocycles. The minimum atomic E-state index is 0.768. The number of hydrogen-bond acceptors (Lipinski definition) is 3. The quantitative estimate of drug-likeness (QED) is 0.878. The second kappa shape index (κ2) is 5.72. The van der Waals surface area contributed by atoms with E-state index >= 15 is 0 Å². The Morgan fingerprint density at radius 2 is 1.83 bits per heavy atom. The molecule has 100 valence electrons. The Morgan fingerprint density at radius 3 is 2.33 bits per heavy atom. The predicted molar refractivity (Wildman–Crippen MR) is 78.0 cm³/mol. The molecular formula is C15H24N2S. The van der Waals surface area contributed by atoms with Crippen molar-refractivity contribution in [2.45, 2.75) is 63.2 Å². The molecule has 1 heterocycles. The van der Waals surface area contributed by atoms with Crippen LogP contribution in [0.15, 0.2) is 17.5 Å². The van der Waals surface area contributed by atoms with Gasteiger partial charge < -0.3 is 5.32 Å². The summed E-state index contributed by atoms with van der Waals surface area (Å²) in [6.07, 6.45) is 8.33. The highest BCUT2D eigenvalue weighted by atomic mass is 32.1. The zero-order valence-corrected chi connectivity index (χ0v) is 12.1. The predicted octanol–water partition coefficient (Wildman–Crippen LogP) is 3.24. The molecule has 0 spiro atoms. The Hall–Kier alpha value is -0.380. The van der Waals surface area contributed by atoms with E-state index in [1.54, 1.807) is 0 Å². The van der Waals surface area contributed by atoms with E-state index in [2.05, 4.69) is 34.8 Å². The zero-order chi connectivity index (χ0) is 12.4. The molecule has 18 heavy (non-hydrogen) atoms. The van der Waals surface area contributed by atoms with Gasteiger partial charge in [-0.25, -0.2) is 0 Å². The van der Waals surface area contributed by atoms with Crippen molar-refractivity contribution in [3.8, 4) is 0 Å². The van der Waals surface area contributed by atoms with Crippen molar-refractivity contribution in [3.63, 3.8) is 0 Å². The Labute approximate surface area is 114 Å². The molecule has 0 saturated heterocycles. The molecule has 0 aliphatic heterocycles. The maximum Gasteiger partial charge on any atom is 0.0333 e. The maximum absolute atomic E-state index is 3.44. The van der Waals surface area contributed by atoms with Crippen LogP contribution in [0.1, 0.15) is 43.4 Å². The molecule has 0 atom stereocenters. The molecular weight excluding hydrogens is 240 g/mol. The first-order chi connectivity index (χ1) is 8.86. The Morgan fingerprint density at radius 1 is 1.17 bits per heavy atom. The molecule has 0 aromatic carbocycles. The van der Waals surface area contributed by atoms with Gasteiger partial charge in [0.2, 0.25) is 0 Å². The summed E-state index contributed by atoms with van der Waals surface area (Å²) in [4.78, 5) is 4.34. The summed E-state index contributed by atoms with van der Waals surface area (Å²) in [5.74, 6) is 0. The molecule has 2 nitrogen and oxygen atoms in total. The van der Waals surface area contributed by atoms with Crippen molar-refractivity contribution in [1.29, 1.82) is 0 Å². The molecule has 1 aromatic rings. The third kappa shape index (κ3) is 2.95. The molecule has 0 amide bonds. The summed E-state index contributed by atoms with van der Waals surface area (Å²) in [6.45, 7) is 1.19. The van der Waals surface area contributed by atoms with Gasteiger partial charge in [0, 0.05) is 29.5 Å². The maximum atomic E-state index is 3.44. The van der Waals surface area contributed by atoms with E-state index in [1.807, 2.05) is 11.3 Å². The average molecular weight is 264 g/mol. The zero-order valence-electron chi connectivity index (χ0n) is 11.3. The van der Waals surface area contributed by atoms with E-state index in [9.17, 15) is 0 Å². The van der Waals surface area contributed by atoms with Crippen LogP contribution < -0.4 is 5.32 Å². The SMILES string of the molecule is CNC1CCC(N(Cc2cccs2)C2CC2)CC1. The standard InChI is InChI=1S/C15H24N2S/c1-16-12-4-6-13(7-5-12)17(14-8-9-14)11-15-3-2-10-18-15/h2-3,10,12-14,16H,4-9,11H2,1H3. The fourth-order valence-corrected chi connectivity index (χ4v) is 3.95. The molecule has 3 rings (SSSR count). The highest BCUT2D eigenvalue weighted by Crippen LogP contribution is 2.35. The first-order valence-electron chi connectivity index (χ1n) is 7.32. The number of nitrogens with one attached hydrogen (secondary N) is 1. The smallest absolute Gasteiger partial charge is 0.0333 e. The molecule has 1 aromatic heterocycles. The highest BCUT2D eigenvalue weighted by Gasteiger charge is 2.35. The van der Waals surface area contributed by atoms with Crippen LogP contribution >= 0.6 is 11.3 Å². The second-order valence-corrected chi connectivity index (χ2v) is 6.81. The Kier molecular flexibility index (Phi) is 4.02.